The molecule has 0 aliphatic rings. The zero-order valence-corrected chi connectivity index (χ0v) is 9.99. The van der Waals surface area contributed by atoms with Crippen LogP contribution in [0.5, 0.6) is 0 Å². The average molecular weight is 250 g/mol. The van der Waals surface area contributed by atoms with Crippen LogP contribution in [0.4, 0.5) is 5.69 Å². The van der Waals surface area contributed by atoms with E-state index in [4.69, 9.17) is 0 Å². The van der Waals surface area contributed by atoms with Gasteiger partial charge in [-0.2, -0.15) is 6.07 Å². The van der Waals surface area contributed by atoms with E-state index in [2.05, 4.69) is 12.1 Å². The quantitative estimate of drug-likeness (QED) is 0.459. The molecule has 0 N–H and O–H groups in total. The topological polar surface area (TPSA) is 43.1 Å². The molecule has 3 nitrogen and oxygen atoms in total. The standard InChI is InChI=1S/C9H7NO2.Y/c1-2-4-8-5-3-6-9(7-8)10(11)12;/h3-4,6-7H,1H3;/q-2;. The molecule has 0 aromatic heterocycles. The van der Waals surface area contributed by atoms with Crippen molar-refractivity contribution < 1.29 is 37.6 Å². The van der Waals surface area contributed by atoms with Gasteiger partial charge in [-0.1, -0.05) is 6.07 Å². The summed E-state index contributed by atoms with van der Waals surface area (Å²) in [5, 5.41) is 10.3. The van der Waals surface area contributed by atoms with Crippen LogP contribution in [-0.4, -0.2) is 4.92 Å². The van der Waals surface area contributed by atoms with E-state index in [1.165, 1.54) is 18.2 Å². The van der Waals surface area contributed by atoms with Gasteiger partial charge in [-0.05, 0) is 0 Å². The predicted octanol–water partition coefficient (Wildman–Crippen LogP) is 2.23. The van der Waals surface area contributed by atoms with Crippen LogP contribution in [0.1, 0.15) is 12.5 Å². The average Bonchev–Trinajstić information content (AvgIpc) is 2.05. The third kappa shape index (κ3) is 3.79. The number of benzene rings is 1. The fourth-order valence-electron chi connectivity index (χ4n) is 0.825. The first-order valence-electron chi connectivity index (χ1n) is 3.40. The number of nitro groups is 1. The Morgan fingerprint density at radius 2 is 2.38 bits per heavy atom. The molecular weight excluding hydrogens is 243 g/mol. The van der Waals surface area contributed by atoms with Gasteiger partial charge >= 0.3 is 0 Å². The second kappa shape index (κ2) is 6.00. The molecule has 0 heterocycles. The first-order chi connectivity index (χ1) is 5.74. The van der Waals surface area contributed by atoms with Gasteiger partial charge in [-0.25, -0.2) is 6.07 Å². The van der Waals surface area contributed by atoms with Crippen LogP contribution in [0.3, 0.4) is 0 Å². The van der Waals surface area contributed by atoms with Gasteiger partial charge in [0.1, 0.15) is 0 Å². The summed E-state index contributed by atoms with van der Waals surface area (Å²) in [5.74, 6) is 0. The van der Waals surface area contributed by atoms with E-state index in [1.54, 1.807) is 13.0 Å². The Balaban J connectivity index is 0.00000144. The molecule has 0 fully saturated rings. The number of hydrogen-bond donors (Lipinski definition) is 0. The number of non-ortho nitro benzene ring substituents is 1. The van der Waals surface area contributed by atoms with E-state index in [9.17, 15) is 10.1 Å². The number of nitro benzene ring substituents is 1. The summed E-state index contributed by atoms with van der Waals surface area (Å²) >= 11 is 0. The van der Waals surface area contributed by atoms with E-state index < -0.39 is 4.92 Å². The van der Waals surface area contributed by atoms with Crippen LogP contribution < -0.4 is 0 Å². The van der Waals surface area contributed by atoms with Crippen molar-refractivity contribution in [1.82, 2.24) is 0 Å². The number of nitrogens with zero attached hydrogens (tertiary/aromatic N) is 1. The van der Waals surface area contributed by atoms with Crippen LogP contribution in [0.2, 0.25) is 0 Å². The Hall–Kier alpha value is -0.536. The number of allylic oxidation sites excluding steroid dienone is 1. The smallest absolute Gasteiger partial charge is 0.174 e. The minimum absolute atomic E-state index is 0. The third-order valence-corrected chi connectivity index (χ3v) is 1.32. The molecule has 4 heteroatoms. The Kier molecular flexibility index (Phi) is 5.75. The maximum atomic E-state index is 10.3. The summed E-state index contributed by atoms with van der Waals surface area (Å²) in [7, 11) is 0. The van der Waals surface area contributed by atoms with Gasteiger partial charge < -0.3 is 12.2 Å². The fourth-order valence-corrected chi connectivity index (χ4v) is 0.825. The summed E-state index contributed by atoms with van der Waals surface area (Å²) in [6, 6.07) is 7.24. The van der Waals surface area contributed by atoms with Crippen molar-refractivity contribution in [2.45, 2.75) is 6.92 Å². The van der Waals surface area contributed by atoms with Gasteiger partial charge in [-0.15, -0.1) is 13.0 Å². The molecule has 0 amide bonds. The van der Waals surface area contributed by atoms with Gasteiger partial charge in [0.05, 0.1) is 0 Å². The second-order valence-corrected chi connectivity index (χ2v) is 2.19. The fraction of sp³-hybridized carbons (Fsp3) is 0.111. The number of hydrogen-bond acceptors (Lipinski definition) is 2. The molecular formula is C9H7NO2Y-2. The summed E-state index contributed by atoms with van der Waals surface area (Å²) in [6.45, 7) is 1.73. The molecule has 1 rings (SSSR count). The van der Waals surface area contributed by atoms with Crippen molar-refractivity contribution in [2.75, 3.05) is 0 Å². The van der Waals surface area contributed by atoms with E-state index in [0.717, 1.165) is 0 Å². The van der Waals surface area contributed by atoms with E-state index in [1.807, 2.05) is 0 Å². The number of rotatable bonds is 2. The molecule has 0 atom stereocenters. The van der Waals surface area contributed by atoms with Gasteiger partial charge in [-0.3, -0.25) is 15.7 Å². The van der Waals surface area contributed by atoms with Crippen molar-refractivity contribution in [3.63, 3.8) is 0 Å². The van der Waals surface area contributed by atoms with Crippen LogP contribution in [-0.2, 0) is 32.7 Å². The third-order valence-electron chi connectivity index (χ3n) is 1.32. The molecule has 0 aliphatic heterocycles. The first-order valence-corrected chi connectivity index (χ1v) is 3.40. The molecule has 0 unspecified atom stereocenters. The maximum absolute atomic E-state index is 10.3. The van der Waals surface area contributed by atoms with Crippen molar-refractivity contribution in [2.24, 2.45) is 0 Å². The van der Waals surface area contributed by atoms with Crippen molar-refractivity contribution in [3.05, 3.63) is 46.0 Å². The molecule has 0 saturated heterocycles. The van der Waals surface area contributed by atoms with Crippen LogP contribution in [0, 0.1) is 22.3 Å². The van der Waals surface area contributed by atoms with Crippen molar-refractivity contribution >= 4 is 11.8 Å². The predicted molar refractivity (Wildman–Crippen MR) is 45.3 cm³/mol. The Labute approximate surface area is 102 Å². The Morgan fingerprint density at radius 1 is 1.69 bits per heavy atom. The summed E-state index contributed by atoms with van der Waals surface area (Å²) < 4.78 is 0. The maximum Gasteiger partial charge on any atom is 0.174 e. The van der Waals surface area contributed by atoms with E-state index in [-0.39, 0.29) is 38.4 Å². The zero-order chi connectivity index (χ0) is 8.97. The van der Waals surface area contributed by atoms with Crippen LogP contribution in [0.25, 0.3) is 6.08 Å². The van der Waals surface area contributed by atoms with Crippen molar-refractivity contribution in [3.8, 4) is 0 Å². The largest absolute Gasteiger partial charge is 0.330 e. The molecule has 0 bridgehead atoms. The molecule has 0 aliphatic carbocycles. The molecule has 0 saturated carbocycles. The SMILES string of the molecule is C[C-]=Cc1[c-]ccc([N+](=O)[O-])c1.[Y]. The normalized spacial score (nSPS) is 9.62. The molecule has 1 radical (unpaired) electrons. The summed E-state index contributed by atoms with van der Waals surface area (Å²) in [4.78, 5) is 9.89. The Bertz CT molecular complexity index is 323. The van der Waals surface area contributed by atoms with Gasteiger partial charge in [0.25, 0.3) is 0 Å². The van der Waals surface area contributed by atoms with E-state index in [0.29, 0.717) is 5.56 Å². The molecule has 1 aromatic carbocycles. The zero-order valence-electron chi connectivity index (χ0n) is 7.15. The van der Waals surface area contributed by atoms with Gasteiger partial charge in [0.2, 0.25) is 0 Å². The first kappa shape index (κ1) is 12.5. The van der Waals surface area contributed by atoms with Crippen LogP contribution >= 0.6 is 0 Å². The minimum Gasteiger partial charge on any atom is -0.330 e. The molecule has 0 spiro atoms. The van der Waals surface area contributed by atoms with Gasteiger partial charge in [0.15, 0.2) is 5.69 Å². The Morgan fingerprint density at radius 3 is 2.92 bits per heavy atom. The van der Waals surface area contributed by atoms with Crippen molar-refractivity contribution in [1.29, 1.82) is 0 Å². The van der Waals surface area contributed by atoms with Gasteiger partial charge in [0, 0.05) is 37.6 Å². The molecule has 13 heavy (non-hydrogen) atoms. The molecule has 1 aromatic rings. The second-order valence-electron chi connectivity index (χ2n) is 2.19. The minimum atomic E-state index is -0.430. The van der Waals surface area contributed by atoms with Crippen LogP contribution in [0.15, 0.2) is 18.2 Å². The monoisotopic (exact) mass is 250 g/mol. The summed E-state index contributed by atoms with van der Waals surface area (Å²) in [6.07, 6.45) is 4.42. The molecule has 65 valence electrons. The summed E-state index contributed by atoms with van der Waals surface area (Å²) in [5.41, 5.74) is 0.752. The van der Waals surface area contributed by atoms with E-state index >= 15 is 0 Å².